The van der Waals surface area contributed by atoms with Crippen LogP contribution in [0.15, 0.2) is 24.3 Å². The van der Waals surface area contributed by atoms with E-state index in [0.717, 1.165) is 54.1 Å². The molecule has 0 fully saturated rings. The minimum Gasteiger partial charge on any atom is -0.504 e. The number of rotatable bonds is 3. The fraction of sp³-hybridized carbons (Fsp3) is 0.381. The number of phenols is 1. The smallest absolute Gasteiger partial charge is 0.308 e. The molecular weight excluding hydrogens is 346 g/mol. The van der Waals surface area contributed by atoms with Crippen molar-refractivity contribution in [2.45, 2.75) is 32.4 Å². The fourth-order valence-electron chi connectivity index (χ4n) is 4.24. The molecule has 2 heterocycles. The van der Waals surface area contributed by atoms with Gasteiger partial charge >= 0.3 is 5.97 Å². The molecule has 0 amide bonds. The van der Waals surface area contributed by atoms with E-state index in [1.165, 1.54) is 12.5 Å². The molecule has 27 heavy (non-hydrogen) atoms. The third kappa shape index (κ3) is 3.00. The number of carbonyl (C=O) groups excluding carboxylic acids is 1. The number of phenolic OH excluding ortho intramolecular Hbond substituents is 1. The number of hydrogen-bond donors (Lipinski definition) is 1. The molecule has 0 bridgehead atoms. The van der Waals surface area contributed by atoms with Crippen molar-refractivity contribution >= 4 is 5.97 Å². The minimum atomic E-state index is -0.441. The van der Waals surface area contributed by atoms with E-state index in [9.17, 15) is 9.90 Å². The van der Waals surface area contributed by atoms with E-state index in [2.05, 4.69) is 11.0 Å². The van der Waals surface area contributed by atoms with E-state index in [1.807, 2.05) is 12.1 Å². The fourth-order valence-corrected chi connectivity index (χ4v) is 4.24. The lowest BCUT2D eigenvalue weighted by Crippen LogP contribution is -2.39. The number of ether oxygens (including phenoxy) is 3. The number of benzene rings is 2. The largest absolute Gasteiger partial charge is 0.504 e. The van der Waals surface area contributed by atoms with E-state index in [4.69, 9.17) is 14.2 Å². The SMILES string of the molecule is COc1ccc2c(c1OC)CN1CCc3cc(O)c(OC(C)=O)cc3C1C2. The molecule has 6 heteroatoms. The summed E-state index contributed by atoms with van der Waals surface area (Å²) >= 11 is 0. The summed E-state index contributed by atoms with van der Waals surface area (Å²) in [6, 6.07) is 7.76. The average molecular weight is 369 g/mol. The van der Waals surface area contributed by atoms with E-state index >= 15 is 0 Å². The second-order valence-electron chi connectivity index (χ2n) is 6.99. The number of hydrogen-bond acceptors (Lipinski definition) is 6. The first kappa shape index (κ1) is 17.7. The Kier molecular flexibility index (Phi) is 4.44. The van der Waals surface area contributed by atoms with E-state index in [0.29, 0.717) is 0 Å². The first-order chi connectivity index (χ1) is 13.0. The molecule has 2 aliphatic heterocycles. The van der Waals surface area contributed by atoms with Gasteiger partial charge in [0.15, 0.2) is 23.0 Å². The molecule has 142 valence electrons. The molecule has 1 atom stereocenters. The second-order valence-corrected chi connectivity index (χ2v) is 6.99. The highest BCUT2D eigenvalue weighted by molar-refractivity contribution is 5.70. The molecule has 6 nitrogen and oxygen atoms in total. The van der Waals surface area contributed by atoms with Gasteiger partial charge in [-0.25, -0.2) is 0 Å². The van der Waals surface area contributed by atoms with Gasteiger partial charge in [0, 0.05) is 31.6 Å². The van der Waals surface area contributed by atoms with Gasteiger partial charge in [-0.2, -0.15) is 0 Å². The number of carbonyl (C=O) groups is 1. The van der Waals surface area contributed by atoms with Gasteiger partial charge < -0.3 is 19.3 Å². The van der Waals surface area contributed by atoms with Gasteiger partial charge in [-0.05, 0) is 47.7 Å². The third-order valence-electron chi connectivity index (χ3n) is 5.46. The summed E-state index contributed by atoms with van der Waals surface area (Å²) in [7, 11) is 3.32. The molecule has 1 unspecified atom stereocenters. The van der Waals surface area contributed by atoms with E-state index < -0.39 is 5.97 Å². The monoisotopic (exact) mass is 369 g/mol. The maximum absolute atomic E-state index is 11.3. The van der Waals surface area contributed by atoms with Gasteiger partial charge in [-0.15, -0.1) is 0 Å². The Bertz CT molecular complexity index is 908. The normalized spacial score (nSPS) is 18.1. The lowest BCUT2D eigenvalue weighted by Gasteiger charge is -2.42. The van der Waals surface area contributed by atoms with E-state index in [1.54, 1.807) is 20.3 Å². The summed E-state index contributed by atoms with van der Waals surface area (Å²) in [6.07, 6.45) is 1.66. The summed E-state index contributed by atoms with van der Waals surface area (Å²) in [5.74, 6) is 1.34. The molecule has 4 rings (SSSR count). The van der Waals surface area contributed by atoms with Crippen molar-refractivity contribution in [1.82, 2.24) is 4.90 Å². The topological polar surface area (TPSA) is 68.2 Å². The lowest BCUT2D eigenvalue weighted by atomic mass is 9.83. The van der Waals surface area contributed by atoms with Gasteiger partial charge in [-0.1, -0.05) is 6.07 Å². The predicted molar refractivity (Wildman–Crippen MR) is 99.5 cm³/mol. The number of esters is 1. The molecular formula is C21H23NO5. The van der Waals surface area contributed by atoms with Gasteiger partial charge in [0.2, 0.25) is 0 Å². The molecule has 0 aliphatic carbocycles. The standard InChI is InChI=1S/C21H23NO5/c1-12(23)27-20-10-15-14(9-18(20)24)6-7-22-11-16-13(8-17(15)22)4-5-19(25-2)21(16)26-3/h4-5,9-10,17,24H,6-8,11H2,1-3H3. The molecule has 2 aromatic carbocycles. The molecule has 0 saturated carbocycles. The van der Waals surface area contributed by atoms with Crippen LogP contribution in [0, 0.1) is 0 Å². The summed E-state index contributed by atoms with van der Waals surface area (Å²) in [6.45, 7) is 3.00. The van der Waals surface area contributed by atoms with Gasteiger partial charge in [0.1, 0.15) is 0 Å². The van der Waals surface area contributed by atoms with Crippen LogP contribution in [0.1, 0.15) is 35.2 Å². The molecule has 0 aromatic heterocycles. The second kappa shape index (κ2) is 6.78. The Balaban J connectivity index is 1.75. The quantitative estimate of drug-likeness (QED) is 0.663. The maximum Gasteiger partial charge on any atom is 0.308 e. The van der Waals surface area contributed by atoms with Crippen molar-refractivity contribution < 1.29 is 24.1 Å². The van der Waals surface area contributed by atoms with Crippen LogP contribution in [0.4, 0.5) is 0 Å². The lowest BCUT2D eigenvalue weighted by molar-refractivity contribution is -0.132. The van der Waals surface area contributed by atoms with Crippen LogP contribution in [-0.2, 0) is 24.2 Å². The Morgan fingerprint density at radius 1 is 1.15 bits per heavy atom. The number of nitrogens with zero attached hydrogens (tertiary/aromatic N) is 1. The Hall–Kier alpha value is -2.73. The molecule has 1 N–H and O–H groups in total. The van der Waals surface area contributed by atoms with E-state index in [-0.39, 0.29) is 17.5 Å². The highest BCUT2D eigenvalue weighted by Crippen LogP contribution is 2.45. The Labute approximate surface area is 158 Å². The van der Waals surface area contributed by atoms with Crippen molar-refractivity contribution in [2.24, 2.45) is 0 Å². The van der Waals surface area contributed by atoms with Crippen LogP contribution in [0.2, 0.25) is 0 Å². The summed E-state index contributed by atoms with van der Waals surface area (Å²) < 4.78 is 16.2. The highest BCUT2D eigenvalue weighted by atomic mass is 16.5. The first-order valence-corrected chi connectivity index (χ1v) is 9.02. The highest BCUT2D eigenvalue weighted by Gasteiger charge is 2.35. The Morgan fingerprint density at radius 2 is 1.96 bits per heavy atom. The average Bonchev–Trinajstić information content (AvgIpc) is 2.65. The third-order valence-corrected chi connectivity index (χ3v) is 5.46. The molecule has 0 radical (unpaired) electrons. The van der Waals surface area contributed by atoms with Crippen molar-refractivity contribution in [2.75, 3.05) is 20.8 Å². The predicted octanol–water partition coefficient (Wildman–Crippen LogP) is 2.99. The molecule has 2 aliphatic rings. The zero-order valence-corrected chi connectivity index (χ0v) is 15.7. The molecule has 0 saturated heterocycles. The summed E-state index contributed by atoms with van der Waals surface area (Å²) in [5, 5.41) is 10.2. The Morgan fingerprint density at radius 3 is 2.67 bits per heavy atom. The van der Waals surface area contributed by atoms with Gasteiger partial charge in [-0.3, -0.25) is 9.69 Å². The maximum atomic E-state index is 11.3. The van der Waals surface area contributed by atoms with Crippen LogP contribution >= 0.6 is 0 Å². The van der Waals surface area contributed by atoms with Crippen molar-refractivity contribution in [3.8, 4) is 23.0 Å². The zero-order valence-electron chi connectivity index (χ0n) is 15.7. The summed E-state index contributed by atoms with van der Waals surface area (Å²) in [5.41, 5.74) is 4.60. The van der Waals surface area contributed by atoms with Crippen molar-refractivity contribution in [3.63, 3.8) is 0 Å². The zero-order chi connectivity index (χ0) is 19.1. The van der Waals surface area contributed by atoms with Crippen LogP contribution in [0.3, 0.4) is 0 Å². The molecule has 2 aromatic rings. The van der Waals surface area contributed by atoms with Crippen LogP contribution in [0.25, 0.3) is 0 Å². The minimum absolute atomic E-state index is 0.0139. The van der Waals surface area contributed by atoms with Crippen molar-refractivity contribution in [1.29, 1.82) is 0 Å². The summed E-state index contributed by atoms with van der Waals surface area (Å²) in [4.78, 5) is 13.7. The van der Waals surface area contributed by atoms with Crippen LogP contribution in [0.5, 0.6) is 23.0 Å². The van der Waals surface area contributed by atoms with Crippen LogP contribution < -0.4 is 14.2 Å². The van der Waals surface area contributed by atoms with Gasteiger partial charge in [0.25, 0.3) is 0 Å². The van der Waals surface area contributed by atoms with Gasteiger partial charge in [0.05, 0.1) is 14.2 Å². The van der Waals surface area contributed by atoms with Crippen LogP contribution in [-0.4, -0.2) is 36.7 Å². The number of methoxy groups -OCH3 is 2. The number of fused-ring (bicyclic) bond motifs is 4. The molecule has 0 spiro atoms. The number of aromatic hydroxyl groups is 1. The first-order valence-electron chi connectivity index (χ1n) is 9.02. The van der Waals surface area contributed by atoms with Crippen molar-refractivity contribution in [3.05, 3.63) is 46.5 Å².